The van der Waals surface area contributed by atoms with E-state index in [0.29, 0.717) is 0 Å². The molecule has 0 spiro atoms. The minimum absolute atomic E-state index is 0. The van der Waals surface area contributed by atoms with E-state index in [0.717, 1.165) is 5.52 Å². The minimum atomic E-state index is 0. The second-order valence-electron chi connectivity index (χ2n) is 3.59. The number of aromatic nitrogens is 1. The van der Waals surface area contributed by atoms with Gasteiger partial charge >= 0.3 is 0 Å². The summed E-state index contributed by atoms with van der Waals surface area (Å²) in [7, 11) is 0. The van der Waals surface area contributed by atoms with Crippen LogP contribution in [0.4, 0.5) is 0 Å². The van der Waals surface area contributed by atoms with Crippen LogP contribution in [0.3, 0.4) is 0 Å². The van der Waals surface area contributed by atoms with Crippen LogP contribution >= 0.6 is 0 Å². The third-order valence-electron chi connectivity index (χ3n) is 2.29. The van der Waals surface area contributed by atoms with Gasteiger partial charge in [-0.3, -0.25) is 0 Å². The van der Waals surface area contributed by atoms with Crippen LogP contribution in [-0.4, -0.2) is 4.98 Å². The average molecular weight is 482 g/mol. The molecule has 0 amide bonds. The van der Waals surface area contributed by atoms with E-state index in [1.165, 1.54) is 23.8 Å². The number of pyridine rings is 1. The molecule has 0 saturated heterocycles. The van der Waals surface area contributed by atoms with Gasteiger partial charge in [0.05, 0.1) is 0 Å². The summed E-state index contributed by atoms with van der Waals surface area (Å²) in [6.45, 7) is 6.43. The molecular weight excluding hydrogens is 461 g/mol. The molecule has 97 valence electrons. The molecule has 1 heterocycles. The zero-order chi connectivity index (χ0) is 11.1. The number of fused-ring (bicyclic) bond motifs is 1. The largest absolute Gasteiger partial charge is 0.386 e. The van der Waals surface area contributed by atoms with Gasteiger partial charge in [-0.25, -0.2) is 0 Å². The quantitative estimate of drug-likeness (QED) is 0.543. The number of nitrogens with zero attached hydrogens (tertiary/aromatic N) is 1. The van der Waals surface area contributed by atoms with Gasteiger partial charge in [0.1, 0.15) is 0 Å². The van der Waals surface area contributed by atoms with Crippen LogP contribution in [0.1, 0.15) is 32.3 Å². The maximum Gasteiger partial charge on any atom is 0 e. The van der Waals surface area contributed by atoms with Crippen molar-refractivity contribution >= 4 is 10.9 Å². The summed E-state index contributed by atoms with van der Waals surface area (Å²) in [6, 6.07) is 9.99. The van der Waals surface area contributed by atoms with E-state index >= 15 is 0 Å². The third-order valence-corrected chi connectivity index (χ3v) is 2.29. The van der Waals surface area contributed by atoms with Gasteiger partial charge in [-0.1, -0.05) is 64.1 Å². The van der Waals surface area contributed by atoms with Crippen molar-refractivity contribution < 1.29 is 98.1 Å². The van der Waals surface area contributed by atoms with Crippen molar-refractivity contribution in [1.82, 2.24) is 4.98 Å². The van der Waals surface area contributed by atoms with Crippen LogP contribution in [0.2, 0.25) is 0 Å². The third kappa shape index (κ3) is 11.2. The number of rotatable bonds is 1. The van der Waals surface area contributed by atoms with Crippen LogP contribution in [-0.2, 0) is 98.1 Å². The standard InChI is InChI=1S/C10H8N.C4H10.CH3.3Y/c1-8-6-7-11-10-5-3-2-4-9(8)10;1-3-4-2;;;;/h2-6H,1H3;3-4H2,1-2H3;1H3;;;/q-1;;-1;;;. The number of hydrogen-bond donors (Lipinski definition) is 0. The number of aryl methyl sites for hydroxylation is 1. The van der Waals surface area contributed by atoms with E-state index in [4.69, 9.17) is 0 Å². The number of benzene rings is 1. The Hall–Kier alpha value is 1.94. The zero-order valence-electron chi connectivity index (χ0n) is 12.5. The molecular formula is C15H21NY3-2. The Kier molecular flexibility index (Phi) is 27.5. The molecule has 0 aliphatic carbocycles. The van der Waals surface area contributed by atoms with Crippen LogP contribution in [0.5, 0.6) is 0 Å². The summed E-state index contributed by atoms with van der Waals surface area (Å²) in [5.74, 6) is 0. The van der Waals surface area contributed by atoms with E-state index < -0.39 is 0 Å². The van der Waals surface area contributed by atoms with Crippen molar-refractivity contribution in [1.29, 1.82) is 0 Å². The number of hydrogen-bond acceptors (Lipinski definition) is 1. The Morgan fingerprint density at radius 3 is 2.00 bits per heavy atom. The van der Waals surface area contributed by atoms with Gasteiger partial charge in [0.25, 0.3) is 0 Å². The molecule has 0 saturated carbocycles. The fourth-order valence-corrected chi connectivity index (χ4v) is 1.18. The van der Waals surface area contributed by atoms with Gasteiger partial charge in [0.15, 0.2) is 0 Å². The normalized spacial score (nSPS) is 7.53. The van der Waals surface area contributed by atoms with Gasteiger partial charge < -0.3 is 12.4 Å². The van der Waals surface area contributed by atoms with E-state index in [1.807, 2.05) is 24.3 Å². The molecule has 2 aromatic rings. The van der Waals surface area contributed by atoms with Gasteiger partial charge in [-0.2, -0.15) is 6.07 Å². The predicted octanol–water partition coefficient (Wildman–Crippen LogP) is 4.59. The fraction of sp³-hybridized carbons (Fsp3) is 0.333. The van der Waals surface area contributed by atoms with E-state index in [2.05, 4.69) is 38.0 Å². The van der Waals surface area contributed by atoms with E-state index in [9.17, 15) is 0 Å². The van der Waals surface area contributed by atoms with Crippen molar-refractivity contribution in [2.75, 3.05) is 0 Å². The van der Waals surface area contributed by atoms with Crippen LogP contribution in [0.15, 0.2) is 30.3 Å². The van der Waals surface area contributed by atoms with Crippen LogP contribution in [0.25, 0.3) is 10.9 Å². The molecule has 0 aliphatic rings. The molecule has 2 rings (SSSR count). The molecule has 0 unspecified atom stereocenters. The second kappa shape index (κ2) is 18.0. The Labute approximate surface area is 194 Å². The maximum absolute atomic E-state index is 4.12. The van der Waals surface area contributed by atoms with Crippen molar-refractivity contribution in [3.63, 3.8) is 0 Å². The second-order valence-corrected chi connectivity index (χ2v) is 3.59. The van der Waals surface area contributed by atoms with Gasteiger partial charge in [-0.05, 0) is 5.52 Å². The molecule has 4 heteroatoms. The fourth-order valence-electron chi connectivity index (χ4n) is 1.18. The van der Waals surface area contributed by atoms with Crippen molar-refractivity contribution in [3.05, 3.63) is 49.5 Å². The number of para-hydroxylation sites is 1. The molecule has 1 aromatic carbocycles. The summed E-state index contributed by atoms with van der Waals surface area (Å²) < 4.78 is 0. The van der Waals surface area contributed by atoms with Crippen molar-refractivity contribution in [3.8, 4) is 0 Å². The van der Waals surface area contributed by atoms with E-state index in [1.54, 1.807) is 0 Å². The topological polar surface area (TPSA) is 12.9 Å². The maximum atomic E-state index is 4.12. The molecule has 0 N–H and O–H groups in total. The monoisotopic (exact) mass is 482 g/mol. The molecule has 0 atom stereocenters. The smallest absolute Gasteiger partial charge is 0 e. The molecule has 3 radical (unpaired) electrons. The SMILES string of the molecule is CCCC.Cc1c[c-]nc2ccccc12.[CH3-].[Y].[Y].[Y]. The molecule has 19 heavy (non-hydrogen) atoms. The first-order valence-corrected chi connectivity index (χ1v) is 5.52. The Balaban J connectivity index is -0.000000127. The molecule has 0 fully saturated rings. The van der Waals surface area contributed by atoms with E-state index in [-0.39, 0.29) is 106 Å². The first-order valence-electron chi connectivity index (χ1n) is 5.52. The van der Waals surface area contributed by atoms with Gasteiger partial charge in [0, 0.05) is 98.1 Å². The molecule has 0 aliphatic heterocycles. The van der Waals surface area contributed by atoms with Gasteiger partial charge in [-0.15, -0.1) is 10.9 Å². The summed E-state index contributed by atoms with van der Waals surface area (Å²) in [5.41, 5.74) is 2.25. The summed E-state index contributed by atoms with van der Waals surface area (Å²) in [6.07, 6.45) is 5.49. The Morgan fingerprint density at radius 2 is 1.53 bits per heavy atom. The molecule has 0 bridgehead atoms. The minimum Gasteiger partial charge on any atom is -0.386 e. The Bertz CT molecular complexity index is 412. The van der Waals surface area contributed by atoms with Crippen LogP contribution < -0.4 is 0 Å². The first kappa shape index (κ1) is 29.0. The zero-order valence-corrected chi connectivity index (χ0v) is 21.0. The summed E-state index contributed by atoms with van der Waals surface area (Å²) >= 11 is 0. The van der Waals surface area contributed by atoms with Crippen LogP contribution in [0, 0.1) is 20.5 Å². The first-order chi connectivity index (χ1) is 7.29. The molecule has 1 nitrogen and oxygen atoms in total. The summed E-state index contributed by atoms with van der Waals surface area (Å²) in [5, 5.41) is 1.21. The van der Waals surface area contributed by atoms with Crippen molar-refractivity contribution in [2.24, 2.45) is 0 Å². The summed E-state index contributed by atoms with van der Waals surface area (Å²) in [4.78, 5) is 4.12. The van der Waals surface area contributed by atoms with Gasteiger partial charge in [0.2, 0.25) is 0 Å². The average Bonchev–Trinajstić information content (AvgIpc) is 2.30. The predicted molar refractivity (Wildman–Crippen MR) is 72.3 cm³/mol. The Morgan fingerprint density at radius 1 is 1.00 bits per heavy atom. The van der Waals surface area contributed by atoms with Crippen molar-refractivity contribution in [2.45, 2.75) is 33.6 Å². The molecule has 1 aromatic heterocycles. The number of unbranched alkanes of at least 4 members (excludes halogenated alkanes) is 1.